The third kappa shape index (κ3) is 5.25. The molecule has 1 heterocycles. The fraction of sp³-hybridized carbons (Fsp3) is 1.00. The van der Waals surface area contributed by atoms with Crippen LogP contribution in [0.4, 0.5) is 0 Å². The highest BCUT2D eigenvalue weighted by molar-refractivity contribution is 4.79. The normalized spacial score (nSPS) is 23.5. The van der Waals surface area contributed by atoms with Gasteiger partial charge in [0.15, 0.2) is 0 Å². The Morgan fingerprint density at radius 2 is 1.94 bits per heavy atom. The van der Waals surface area contributed by atoms with Crippen molar-refractivity contribution in [2.24, 2.45) is 11.1 Å². The first-order valence-corrected chi connectivity index (χ1v) is 7.61. The van der Waals surface area contributed by atoms with Crippen molar-refractivity contribution < 1.29 is 0 Å². The molecule has 2 N–H and O–H groups in total. The zero-order chi connectivity index (χ0) is 13.6. The van der Waals surface area contributed by atoms with Crippen molar-refractivity contribution in [3.63, 3.8) is 0 Å². The fourth-order valence-electron chi connectivity index (χ4n) is 2.70. The number of nitrogens with zero attached hydrogens (tertiary/aromatic N) is 2. The molecule has 1 saturated heterocycles. The Hall–Kier alpha value is -0.120. The highest BCUT2D eigenvalue weighted by Crippen LogP contribution is 2.21. The lowest BCUT2D eigenvalue weighted by Gasteiger charge is -2.39. The third-order valence-corrected chi connectivity index (χ3v) is 4.46. The van der Waals surface area contributed by atoms with Gasteiger partial charge in [0, 0.05) is 25.7 Å². The molecule has 3 nitrogen and oxygen atoms in total. The molecule has 0 amide bonds. The van der Waals surface area contributed by atoms with Gasteiger partial charge in [0.05, 0.1) is 0 Å². The molecule has 1 atom stereocenters. The number of likely N-dealkylation sites (N-methyl/N-ethyl adjacent to an activating group) is 1. The molecule has 1 rings (SSSR count). The van der Waals surface area contributed by atoms with Crippen LogP contribution in [0.5, 0.6) is 0 Å². The fourth-order valence-corrected chi connectivity index (χ4v) is 2.70. The minimum atomic E-state index is 0.327. The highest BCUT2D eigenvalue weighted by atomic mass is 15.3. The predicted octanol–water partition coefficient (Wildman–Crippen LogP) is 2.17. The second kappa shape index (κ2) is 7.46. The van der Waals surface area contributed by atoms with Crippen LogP contribution >= 0.6 is 0 Å². The predicted molar refractivity (Wildman–Crippen MR) is 79.8 cm³/mol. The SMILES string of the molecule is CCC1CN(CCCCC(C)(C)CN)CCN1C. The van der Waals surface area contributed by atoms with Crippen LogP contribution < -0.4 is 5.73 Å². The van der Waals surface area contributed by atoms with Gasteiger partial charge in [-0.1, -0.05) is 27.2 Å². The van der Waals surface area contributed by atoms with E-state index in [1.54, 1.807) is 0 Å². The quantitative estimate of drug-likeness (QED) is 0.708. The largest absolute Gasteiger partial charge is 0.330 e. The van der Waals surface area contributed by atoms with Crippen molar-refractivity contribution in [3.05, 3.63) is 0 Å². The lowest BCUT2D eigenvalue weighted by atomic mass is 9.87. The van der Waals surface area contributed by atoms with Crippen molar-refractivity contribution in [3.8, 4) is 0 Å². The summed E-state index contributed by atoms with van der Waals surface area (Å²) in [6.07, 6.45) is 5.17. The van der Waals surface area contributed by atoms with E-state index in [2.05, 4.69) is 37.6 Å². The summed E-state index contributed by atoms with van der Waals surface area (Å²) in [7, 11) is 2.26. The number of hydrogen-bond donors (Lipinski definition) is 1. The van der Waals surface area contributed by atoms with Crippen molar-refractivity contribution in [1.82, 2.24) is 9.80 Å². The maximum Gasteiger partial charge on any atom is 0.0218 e. The molecule has 0 aromatic heterocycles. The summed E-state index contributed by atoms with van der Waals surface area (Å²) in [6, 6.07) is 0.763. The van der Waals surface area contributed by atoms with Gasteiger partial charge in [-0.05, 0) is 44.8 Å². The second-order valence-corrected chi connectivity index (χ2v) is 6.67. The van der Waals surface area contributed by atoms with E-state index in [1.807, 2.05) is 0 Å². The van der Waals surface area contributed by atoms with E-state index in [4.69, 9.17) is 5.73 Å². The smallest absolute Gasteiger partial charge is 0.0218 e. The number of nitrogens with two attached hydrogens (primary N) is 1. The topological polar surface area (TPSA) is 32.5 Å². The number of unbranched alkanes of at least 4 members (excludes halogenated alkanes) is 1. The van der Waals surface area contributed by atoms with Gasteiger partial charge in [-0.15, -0.1) is 0 Å². The van der Waals surface area contributed by atoms with Crippen LogP contribution in [0.25, 0.3) is 0 Å². The van der Waals surface area contributed by atoms with E-state index in [9.17, 15) is 0 Å². The van der Waals surface area contributed by atoms with Crippen molar-refractivity contribution in [2.45, 2.75) is 52.5 Å². The average molecular weight is 255 g/mol. The van der Waals surface area contributed by atoms with E-state index < -0.39 is 0 Å². The van der Waals surface area contributed by atoms with E-state index in [-0.39, 0.29) is 0 Å². The molecule has 108 valence electrons. The summed E-state index contributed by atoms with van der Waals surface area (Å²) in [4.78, 5) is 5.15. The van der Waals surface area contributed by atoms with Crippen LogP contribution in [0.15, 0.2) is 0 Å². The maximum absolute atomic E-state index is 5.77. The Labute approximate surface area is 114 Å². The summed E-state index contributed by atoms with van der Waals surface area (Å²) in [6.45, 7) is 12.7. The molecular formula is C15H33N3. The molecule has 0 aromatic carbocycles. The summed E-state index contributed by atoms with van der Waals surface area (Å²) >= 11 is 0. The van der Waals surface area contributed by atoms with E-state index in [1.165, 1.54) is 51.9 Å². The molecule has 1 aliphatic rings. The monoisotopic (exact) mass is 255 g/mol. The molecule has 0 radical (unpaired) electrons. The zero-order valence-corrected chi connectivity index (χ0v) is 12.9. The molecule has 3 heteroatoms. The molecule has 1 aliphatic heterocycles. The van der Waals surface area contributed by atoms with Gasteiger partial charge in [0.2, 0.25) is 0 Å². The zero-order valence-electron chi connectivity index (χ0n) is 12.9. The standard InChI is InChI=1S/C15H33N3/c1-5-14-12-18(11-10-17(14)4)9-7-6-8-15(2,3)13-16/h14H,5-13,16H2,1-4H3. The average Bonchev–Trinajstić information content (AvgIpc) is 2.36. The van der Waals surface area contributed by atoms with Crippen LogP contribution in [-0.2, 0) is 0 Å². The minimum absolute atomic E-state index is 0.327. The number of piperazine rings is 1. The van der Waals surface area contributed by atoms with Crippen LogP contribution in [0.3, 0.4) is 0 Å². The van der Waals surface area contributed by atoms with Gasteiger partial charge >= 0.3 is 0 Å². The van der Waals surface area contributed by atoms with Crippen LogP contribution in [-0.4, -0.2) is 55.6 Å². The minimum Gasteiger partial charge on any atom is -0.330 e. The maximum atomic E-state index is 5.77. The first-order chi connectivity index (χ1) is 8.48. The first-order valence-electron chi connectivity index (χ1n) is 7.61. The Morgan fingerprint density at radius 3 is 2.56 bits per heavy atom. The first kappa shape index (κ1) is 15.9. The summed E-state index contributed by atoms with van der Waals surface area (Å²) in [5.74, 6) is 0. The van der Waals surface area contributed by atoms with Gasteiger partial charge in [-0.3, -0.25) is 0 Å². The van der Waals surface area contributed by atoms with Gasteiger partial charge < -0.3 is 15.5 Å². The molecule has 1 unspecified atom stereocenters. The van der Waals surface area contributed by atoms with Crippen molar-refractivity contribution in [1.29, 1.82) is 0 Å². The lowest BCUT2D eigenvalue weighted by molar-refractivity contribution is 0.0913. The molecular weight excluding hydrogens is 222 g/mol. The molecule has 0 aliphatic carbocycles. The highest BCUT2D eigenvalue weighted by Gasteiger charge is 2.22. The van der Waals surface area contributed by atoms with Gasteiger partial charge in [-0.25, -0.2) is 0 Å². The summed E-state index contributed by atoms with van der Waals surface area (Å²) in [5, 5.41) is 0. The number of rotatable bonds is 7. The van der Waals surface area contributed by atoms with E-state index in [0.29, 0.717) is 5.41 Å². The second-order valence-electron chi connectivity index (χ2n) is 6.67. The molecule has 0 aromatic rings. The van der Waals surface area contributed by atoms with Crippen LogP contribution in [0, 0.1) is 5.41 Å². The van der Waals surface area contributed by atoms with Gasteiger partial charge in [-0.2, -0.15) is 0 Å². The lowest BCUT2D eigenvalue weighted by Crippen LogP contribution is -2.51. The molecule has 0 saturated carbocycles. The van der Waals surface area contributed by atoms with Crippen LogP contribution in [0.2, 0.25) is 0 Å². The van der Waals surface area contributed by atoms with E-state index in [0.717, 1.165) is 12.6 Å². The van der Waals surface area contributed by atoms with Crippen molar-refractivity contribution >= 4 is 0 Å². The Balaban J connectivity index is 2.16. The summed E-state index contributed by atoms with van der Waals surface area (Å²) < 4.78 is 0. The Bertz CT molecular complexity index is 228. The summed E-state index contributed by atoms with van der Waals surface area (Å²) in [5.41, 5.74) is 6.09. The Morgan fingerprint density at radius 1 is 1.22 bits per heavy atom. The molecule has 0 bridgehead atoms. The van der Waals surface area contributed by atoms with Gasteiger partial charge in [0.25, 0.3) is 0 Å². The number of hydrogen-bond acceptors (Lipinski definition) is 3. The Kier molecular flexibility index (Phi) is 6.61. The van der Waals surface area contributed by atoms with Crippen LogP contribution in [0.1, 0.15) is 46.5 Å². The molecule has 0 spiro atoms. The van der Waals surface area contributed by atoms with E-state index >= 15 is 0 Å². The van der Waals surface area contributed by atoms with Gasteiger partial charge in [0.1, 0.15) is 0 Å². The molecule has 18 heavy (non-hydrogen) atoms. The van der Waals surface area contributed by atoms with Crippen molar-refractivity contribution in [2.75, 3.05) is 39.8 Å². The third-order valence-electron chi connectivity index (χ3n) is 4.46. The molecule has 1 fully saturated rings.